The van der Waals surface area contributed by atoms with Crippen LogP contribution in [0.15, 0.2) is 0 Å². The number of hydrogen-bond acceptors (Lipinski definition) is 4. The van der Waals surface area contributed by atoms with Gasteiger partial charge in [0, 0.05) is 40.0 Å². The van der Waals surface area contributed by atoms with Crippen LogP contribution in [0.25, 0.3) is 0 Å². The Bertz CT molecular complexity index is 317. The van der Waals surface area contributed by atoms with Crippen LogP contribution in [-0.4, -0.2) is 57.8 Å². The zero-order valence-corrected chi connectivity index (χ0v) is 11.8. The molecule has 108 valence electrons. The van der Waals surface area contributed by atoms with Gasteiger partial charge in [-0.1, -0.05) is 0 Å². The molecular formula is C11H24N2O4S. The third kappa shape index (κ3) is 6.65. The second kappa shape index (κ2) is 8.06. The molecule has 0 aromatic carbocycles. The molecule has 1 rings (SSSR count). The highest BCUT2D eigenvalue weighted by Crippen LogP contribution is 2.28. The molecule has 0 bridgehead atoms. The number of hydrogen-bond donors (Lipinski definition) is 2. The minimum absolute atomic E-state index is 0.00509. The molecule has 6 nitrogen and oxygen atoms in total. The number of aliphatic hydroxyl groups is 1. The van der Waals surface area contributed by atoms with Crippen molar-refractivity contribution in [1.29, 1.82) is 0 Å². The Morgan fingerprint density at radius 3 is 2.72 bits per heavy atom. The Kier molecular flexibility index (Phi) is 7.10. The molecule has 0 spiro atoms. The molecular weight excluding hydrogens is 256 g/mol. The maximum atomic E-state index is 11.7. The molecule has 2 N–H and O–H groups in total. The molecule has 7 heteroatoms. The van der Waals surface area contributed by atoms with E-state index in [1.54, 1.807) is 0 Å². The molecule has 0 radical (unpaired) electrons. The lowest BCUT2D eigenvalue weighted by Crippen LogP contribution is -2.39. The molecule has 0 aromatic rings. The van der Waals surface area contributed by atoms with E-state index in [1.165, 1.54) is 24.2 Å². The van der Waals surface area contributed by atoms with Gasteiger partial charge in [0.25, 0.3) is 10.2 Å². The predicted octanol–water partition coefficient (Wildman–Crippen LogP) is -0.0483. The summed E-state index contributed by atoms with van der Waals surface area (Å²) in [6.07, 6.45) is 3.66. The SMILES string of the molecule is CN(CCCO)S(=O)(=O)NCCCOCC1CC1. The summed E-state index contributed by atoms with van der Waals surface area (Å²) in [6.45, 7) is 2.11. The van der Waals surface area contributed by atoms with Crippen LogP contribution in [0.2, 0.25) is 0 Å². The summed E-state index contributed by atoms with van der Waals surface area (Å²) >= 11 is 0. The molecule has 0 aliphatic heterocycles. The van der Waals surface area contributed by atoms with Crippen LogP contribution in [0.4, 0.5) is 0 Å². The lowest BCUT2D eigenvalue weighted by molar-refractivity contribution is 0.123. The fourth-order valence-corrected chi connectivity index (χ4v) is 2.43. The van der Waals surface area contributed by atoms with Crippen molar-refractivity contribution in [3.05, 3.63) is 0 Å². The van der Waals surface area contributed by atoms with Crippen LogP contribution in [0, 0.1) is 5.92 Å². The summed E-state index contributed by atoms with van der Waals surface area (Å²) in [7, 11) is -1.91. The van der Waals surface area contributed by atoms with Crippen molar-refractivity contribution in [3.63, 3.8) is 0 Å². The Labute approximate surface area is 109 Å². The molecule has 0 saturated heterocycles. The number of nitrogens with one attached hydrogen (secondary N) is 1. The molecule has 1 aliphatic rings. The van der Waals surface area contributed by atoms with E-state index < -0.39 is 10.2 Å². The molecule has 0 unspecified atom stereocenters. The predicted molar refractivity (Wildman–Crippen MR) is 69.4 cm³/mol. The fraction of sp³-hybridized carbons (Fsp3) is 1.00. The summed E-state index contributed by atoms with van der Waals surface area (Å²) in [5.74, 6) is 0.742. The van der Waals surface area contributed by atoms with E-state index in [9.17, 15) is 8.42 Å². The largest absolute Gasteiger partial charge is 0.396 e. The first kappa shape index (κ1) is 15.8. The highest BCUT2D eigenvalue weighted by atomic mass is 32.2. The Balaban J connectivity index is 2.04. The van der Waals surface area contributed by atoms with E-state index in [4.69, 9.17) is 9.84 Å². The van der Waals surface area contributed by atoms with Crippen LogP contribution < -0.4 is 4.72 Å². The van der Waals surface area contributed by atoms with Gasteiger partial charge in [0.15, 0.2) is 0 Å². The lowest BCUT2D eigenvalue weighted by Gasteiger charge is -2.17. The molecule has 18 heavy (non-hydrogen) atoms. The van der Waals surface area contributed by atoms with E-state index in [0.717, 1.165) is 12.5 Å². The third-order valence-electron chi connectivity index (χ3n) is 2.84. The summed E-state index contributed by atoms with van der Waals surface area (Å²) < 4.78 is 32.5. The van der Waals surface area contributed by atoms with Crippen LogP contribution in [0.5, 0.6) is 0 Å². The number of aliphatic hydroxyl groups excluding tert-OH is 1. The summed E-state index contributed by atoms with van der Waals surface area (Å²) in [4.78, 5) is 0. The Morgan fingerprint density at radius 1 is 1.39 bits per heavy atom. The van der Waals surface area contributed by atoms with E-state index in [-0.39, 0.29) is 6.61 Å². The lowest BCUT2D eigenvalue weighted by atomic mass is 10.4. The van der Waals surface area contributed by atoms with Gasteiger partial charge in [-0.3, -0.25) is 0 Å². The minimum atomic E-state index is -3.41. The van der Waals surface area contributed by atoms with Crippen molar-refractivity contribution in [2.45, 2.75) is 25.7 Å². The zero-order valence-electron chi connectivity index (χ0n) is 11.0. The summed E-state index contributed by atoms with van der Waals surface area (Å²) in [5, 5.41) is 8.65. The van der Waals surface area contributed by atoms with Gasteiger partial charge in [0.1, 0.15) is 0 Å². The Morgan fingerprint density at radius 2 is 2.11 bits per heavy atom. The van der Waals surface area contributed by atoms with Gasteiger partial charge < -0.3 is 9.84 Å². The Hall–Kier alpha value is -0.210. The van der Waals surface area contributed by atoms with Crippen molar-refractivity contribution >= 4 is 10.2 Å². The van der Waals surface area contributed by atoms with Crippen LogP contribution in [0.3, 0.4) is 0 Å². The number of rotatable bonds is 11. The van der Waals surface area contributed by atoms with Crippen LogP contribution in [0.1, 0.15) is 25.7 Å². The van der Waals surface area contributed by atoms with Crippen molar-refractivity contribution < 1.29 is 18.3 Å². The maximum absolute atomic E-state index is 11.7. The molecule has 1 fully saturated rings. The van der Waals surface area contributed by atoms with E-state index in [2.05, 4.69) is 4.72 Å². The van der Waals surface area contributed by atoms with Crippen LogP contribution in [-0.2, 0) is 14.9 Å². The topological polar surface area (TPSA) is 78.9 Å². The normalized spacial score (nSPS) is 16.4. The van der Waals surface area contributed by atoms with Gasteiger partial charge >= 0.3 is 0 Å². The van der Waals surface area contributed by atoms with Gasteiger partial charge in [0.05, 0.1) is 0 Å². The van der Waals surface area contributed by atoms with Crippen molar-refractivity contribution in [2.24, 2.45) is 5.92 Å². The van der Waals surface area contributed by atoms with Gasteiger partial charge in [-0.15, -0.1) is 0 Å². The minimum Gasteiger partial charge on any atom is -0.396 e. The van der Waals surface area contributed by atoms with E-state index in [1.807, 2.05) is 0 Å². The van der Waals surface area contributed by atoms with E-state index >= 15 is 0 Å². The van der Waals surface area contributed by atoms with Crippen molar-refractivity contribution in [1.82, 2.24) is 9.03 Å². The van der Waals surface area contributed by atoms with Crippen molar-refractivity contribution in [3.8, 4) is 0 Å². The number of nitrogens with zero attached hydrogens (tertiary/aromatic N) is 1. The first-order chi connectivity index (χ1) is 8.56. The first-order valence-electron chi connectivity index (χ1n) is 6.46. The smallest absolute Gasteiger partial charge is 0.279 e. The summed E-state index contributed by atoms with van der Waals surface area (Å²) in [6, 6.07) is 0. The van der Waals surface area contributed by atoms with Gasteiger partial charge in [-0.05, 0) is 31.6 Å². The number of ether oxygens (including phenoxy) is 1. The average Bonchev–Trinajstić information content (AvgIpc) is 3.14. The van der Waals surface area contributed by atoms with Crippen molar-refractivity contribution in [2.75, 3.05) is 40.0 Å². The summed E-state index contributed by atoms with van der Waals surface area (Å²) in [5.41, 5.74) is 0. The zero-order chi connectivity index (χ0) is 13.4. The second-order valence-corrected chi connectivity index (χ2v) is 6.53. The molecule has 1 saturated carbocycles. The fourth-order valence-electron chi connectivity index (χ4n) is 1.43. The molecule has 1 aliphatic carbocycles. The quantitative estimate of drug-likeness (QED) is 0.520. The van der Waals surface area contributed by atoms with Gasteiger partial charge in [0.2, 0.25) is 0 Å². The first-order valence-corrected chi connectivity index (χ1v) is 7.90. The maximum Gasteiger partial charge on any atom is 0.279 e. The highest BCUT2D eigenvalue weighted by Gasteiger charge is 2.21. The standard InChI is InChI=1S/C11H24N2O4S/c1-13(7-3-8-14)18(15,16)12-6-2-9-17-10-11-4-5-11/h11-12,14H,2-10H2,1H3. The van der Waals surface area contributed by atoms with Gasteiger partial charge in [-0.2, -0.15) is 12.7 Å². The van der Waals surface area contributed by atoms with Crippen LogP contribution >= 0.6 is 0 Å². The molecule has 0 atom stereocenters. The van der Waals surface area contributed by atoms with E-state index in [0.29, 0.717) is 32.5 Å². The molecule has 0 aromatic heterocycles. The molecule has 0 amide bonds. The third-order valence-corrected chi connectivity index (χ3v) is 4.41. The average molecular weight is 280 g/mol. The second-order valence-electron chi connectivity index (χ2n) is 4.67. The monoisotopic (exact) mass is 280 g/mol. The highest BCUT2D eigenvalue weighted by molar-refractivity contribution is 7.87. The van der Waals surface area contributed by atoms with Gasteiger partial charge in [-0.25, -0.2) is 4.72 Å². The molecule has 0 heterocycles.